The Labute approximate surface area is 158 Å². The average Bonchev–Trinajstić information content (AvgIpc) is 3.10. The number of hydrogen-bond donors (Lipinski definition) is 1. The molecule has 27 heavy (non-hydrogen) atoms. The Morgan fingerprint density at radius 2 is 1.78 bits per heavy atom. The predicted molar refractivity (Wildman–Crippen MR) is 110 cm³/mol. The Balaban J connectivity index is 1.48. The summed E-state index contributed by atoms with van der Waals surface area (Å²) in [5.74, 6) is 1.49. The SMILES string of the molecule is CCN(CCCNc1nc2ccccc2c2nc(C)nn12)c1ccccc1. The van der Waals surface area contributed by atoms with E-state index in [0.717, 1.165) is 54.4 Å². The zero-order valence-electron chi connectivity index (χ0n) is 15.8. The van der Waals surface area contributed by atoms with Crippen LogP contribution in [0.4, 0.5) is 11.6 Å². The van der Waals surface area contributed by atoms with Gasteiger partial charge < -0.3 is 10.2 Å². The van der Waals surface area contributed by atoms with Gasteiger partial charge in [-0.25, -0.2) is 9.97 Å². The van der Waals surface area contributed by atoms with E-state index < -0.39 is 0 Å². The molecular formula is C21H24N6. The van der Waals surface area contributed by atoms with E-state index in [0.29, 0.717) is 0 Å². The molecule has 4 rings (SSSR count). The summed E-state index contributed by atoms with van der Waals surface area (Å²) in [6.45, 7) is 6.89. The summed E-state index contributed by atoms with van der Waals surface area (Å²) >= 11 is 0. The van der Waals surface area contributed by atoms with Gasteiger partial charge in [0.1, 0.15) is 5.82 Å². The average molecular weight is 360 g/mol. The van der Waals surface area contributed by atoms with Crippen molar-refractivity contribution < 1.29 is 0 Å². The zero-order valence-corrected chi connectivity index (χ0v) is 15.8. The van der Waals surface area contributed by atoms with Crippen LogP contribution < -0.4 is 10.2 Å². The monoisotopic (exact) mass is 360 g/mol. The van der Waals surface area contributed by atoms with Crippen LogP contribution in [0.25, 0.3) is 16.6 Å². The van der Waals surface area contributed by atoms with E-state index in [9.17, 15) is 0 Å². The van der Waals surface area contributed by atoms with Crippen molar-refractivity contribution in [2.45, 2.75) is 20.3 Å². The van der Waals surface area contributed by atoms with Crippen molar-refractivity contribution in [3.63, 3.8) is 0 Å². The molecule has 6 nitrogen and oxygen atoms in total. The molecular weight excluding hydrogens is 336 g/mol. The summed E-state index contributed by atoms with van der Waals surface area (Å²) in [6.07, 6.45) is 1.01. The minimum atomic E-state index is 0.743. The fourth-order valence-electron chi connectivity index (χ4n) is 3.35. The van der Waals surface area contributed by atoms with Gasteiger partial charge >= 0.3 is 0 Å². The molecule has 4 aromatic rings. The molecule has 2 heterocycles. The third-order valence-corrected chi connectivity index (χ3v) is 4.68. The van der Waals surface area contributed by atoms with Gasteiger partial charge in [-0.1, -0.05) is 30.3 Å². The van der Waals surface area contributed by atoms with Crippen LogP contribution >= 0.6 is 0 Å². The van der Waals surface area contributed by atoms with E-state index in [1.165, 1.54) is 5.69 Å². The highest BCUT2D eigenvalue weighted by Crippen LogP contribution is 2.20. The Morgan fingerprint density at radius 3 is 2.59 bits per heavy atom. The number of benzene rings is 2. The first-order chi connectivity index (χ1) is 13.3. The fourth-order valence-corrected chi connectivity index (χ4v) is 3.35. The van der Waals surface area contributed by atoms with Gasteiger partial charge in [0.05, 0.1) is 5.52 Å². The van der Waals surface area contributed by atoms with Crippen LogP contribution in [0.15, 0.2) is 54.6 Å². The number of aryl methyl sites for hydroxylation is 1. The molecule has 2 aromatic heterocycles. The van der Waals surface area contributed by atoms with Crippen LogP contribution in [0.5, 0.6) is 0 Å². The number of fused-ring (bicyclic) bond motifs is 3. The summed E-state index contributed by atoms with van der Waals surface area (Å²) in [7, 11) is 0. The Morgan fingerprint density at radius 1 is 1.00 bits per heavy atom. The van der Waals surface area contributed by atoms with Gasteiger partial charge in [0.2, 0.25) is 5.95 Å². The predicted octanol–water partition coefficient (Wildman–Crippen LogP) is 3.91. The maximum absolute atomic E-state index is 4.75. The molecule has 0 unspecified atom stereocenters. The van der Waals surface area contributed by atoms with E-state index in [1.54, 1.807) is 0 Å². The second-order valence-electron chi connectivity index (χ2n) is 6.54. The van der Waals surface area contributed by atoms with Gasteiger partial charge in [0.15, 0.2) is 5.65 Å². The standard InChI is InChI=1S/C21H24N6/c1-3-26(17-10-5-4-6-11-17)15-9-14-22-21-24-19-13-8-7-12-18(19)20-23-16(2)25-27(20)21/h4-8,10-13H,3,9,14-15H2,1-2H3,(H,22,24). The van der Waals surface area contributed by atoms with Crippen molar-refractivity contribution in [1.29, 1.82) is 0 Å². The lowest BCUT2D eigenvalue weighted by Crippen LogP contribution is -2.25. The van der Waals surface area contributed by atoms with E-state index in [1.807, 2.05) is 35.7 Å². The molecule has 0 fully saturated rings. The molecule has 0 saturated carbocycles. The van der Waals surface area contributed by atoms with Crippen LogP contribution in [0.1, 0.15) is 19.2 Å². The minimum Gasteiger partial charge on any atom is -0.372 e. The van der Waals surface area contributed by atoms with Gasteiger partial charge in [0, 0.05) is 30.7 Å². The summed E-state index contributed by atoms with van der Waals surface area (Å²) in [6, 6.07) is 18.6. The third kappa shape index (κ3) is 3.56. The minimum absolute atomic E-state index is 0.743. The molecule has 0 aliphatic heterocycles. The molecule has 0 radical (unpaired) electrons. The molecule has 0 amide bonds. The normalized spacial score (nSPS) is 11.2. The number of aromatic nitrogens is 4. The van der Waals surface area contributed by atoms with E-state index in [-0.39, 0.29) is 0 Å². The maximum atomic E-state index is 4.75. The summed E-state index contributed by atoms with van der Waals surface area (Å²) < 4.78 is 1.81. The number of hydrogen-bond acceptors (Lipinski definition) is 5. The van der Waals surface area contributed by atoms with Gasteiger partial charge in [-0.3, -0.25) is 0 Å². The smallest absolute Gasteiger partial charge is 0.226 e. The van der Waals surface area contributed by atoms with Gasteiger partial charge in [-0.05, 0) is 44.5 Å². The highest BCUT2D eigenvalue weighted by atomic mass is 15.4. The molecule has 0 saturated heterocycles. The first-order valence-corrected chi connectivity index (χ1v) is 9.42. The lowest BCUT2D eigenvalue weighted by molar-refractivity contribution is 0.762. The zero-order chi connectivity index (χ0) is 18.6. The summed E-state index contributed by atoms with van der Waals surface area (Å²) in [5.41, 5.74) is 3.04. The second kappa shape index (κ2) is 7.61. The van der Waals surface area contributed by atoms with Crippen molar-refractivity contribution in [2.75, 3.05) is 29.9 Å². The van der Waals surface area contributed by atoms with Crippen LogP contribution in [0.2, 0.25) is 0 Å². The molecule has 1 N–H and O–H groups in total. The number of anilines is 2. The van der Waals surface area contributed by atoms with E-state index >= 15 is 0 Å². The quantitative estimate of drug-likeness (QED) is 0.506. The summed E-state index contributed by atoms with van der Waals surface area (Å²) in [4.78, 5) is 11.7. The largest absolute Gasteiger partial charge is 0.372 e. The third-order valence-electron chi connectivity index (χ3n) is 4.68. The van der Waals surface area contributed by atoms with Crippen molar-refractivity contribution in [2.24, 2.45) is 0 Å². The molecule has 0 bridgehead atoms. The highest BCUT2D eigenvalue weighted by Gasteiger charge is 2.11. The van der Waals surface area contributed by atoms with Crippen molar-refractivity contribution in [1.82, 2.24) is 19.6 Å². The summed E-state index contributed by atoms with van der Waals surface area (Å²) in [5, 5.41) is 8.98. The van der Waals surface area contributed by atoms with Crippen molar-refractivity contribution in [3.05, 3.63) is 60.4 Å². The molecule has 6 heteroatoms. The number of nitrogens with zero attached hydrogens (tertiary/aromatic N) is 5. The molecule has 0 spiro atoms. The van der Waals surface area contributed by atoms with Crippen molar-refractivity contribution in [3.8, 4) is 0 Å². The Kier molecular flexibility index (Phi) is 4.87. The molecule has 0 aliphatic rings. The lowest BCUT2D eigenvalue weighted by Gasteiger charge is -2.23. The maximum Gasteiger partial charge on any atom is 0.226 e. The van der Waals surface area contributed by atoms with Crippen LogP contribution in [-0.4, -0.2) is 39.2 Å². The fraction of sp³-hybridized carbons (Fsp3) is 0.286. The molecule has 0 atom stereocenters. The van der Waals surface area contributed by atoms with Gasteiger partial charge in [0.25, 0.3) is 0 Å². The van der Waals surface area contributed by atoms with Crippen molar-refractivity contribution >= 4 is 28.2 Å². The molecule has 2 aromatic carbocycles. The lowest BCUT2D eigenvalue weighted by atomic mass is 10.2. The number of rotatable bonds is 7. The van der Waals surface area contributed by atoms with Gasteiger partial charge in [-0.15, -0.1) is 5.10 Å². The Hall–Kier alpha value is -3.15. The van der Waals surface area contributed by atoms with Gasteiger partial charge in [-0.2, -0.15) is 4.52 Å². The van der Waals surface area contributed by atoms with E-state index in [2.05, 4.69) is 57.6 Å². The first-order valence-electron chi connectivity index (χ1n) is 9.42. The molecule has 0 aliphatic carbocycles. The second-order valence-corrected chi connectivity index (χ2v) is 6.54. The Bertz CT molecular complexity index is 1040. The van der Waals surface area contributed by atoms with Crippen LogP contribution in [0, 0.1) is 6.92 Å². The van der Waals surface area contributed by atoms with E-state index in [4.69, 9.17) is 4.98 Å². The first kappa shape index (κ1) is 17.3. The number of para-hydroxylation sites is 2. The van der Waals surface area contributed by atoms with Crippen LogP contribution in [0.3, 0.4) is 0 Å². The molecule has 138 valence electrons. The van der Waals surface area contributed by atoms with Crippen LogP contribution in [-0.2, 0) is 0 Å². The topological polar surface area (TPSA) is 58.3 Å². The number of nitrogens with one attached hydrogen (secondary N) is 1. The highest BCUT2D eigenvalue weighted by molar-refractivity contribution is 5.92.